The van der Waals surface area contributed by atoms with Gasteiger partial charge in [0, 0.05) is 25.1 Å². The minimum atomic E-state index is -1.25. The second kappa shape index (κ2) is 5.62. The number of halogens is 3. The van der Waals surface area contributed by atoms with Crippen molar-refractivity contribution in [2.75, 3.05) is 6.54 Å². The molecule has 17 heavy (non-hydrogen) atoms. The van der Waals surface area contributed by atoms with Crippen molar-refractivity contribution < 1.29 is 18.0 Å². The molecule has 1 aromatic rings. The Balaban J connectivity index is 2.79. The third kappa shape index (κ3) is 3.70. The van der Waals surface area contributed by atoms with Crippen LogP contribution in [0.3, 0.4) is 0 Å². The molecule has 0 radical (unpaired) electrons. The van der Waals surface area contributed by atoms with Crippen LogP contribution in [0, 0.1) is 17.5 Å². The monoisotopic (exact) mass is 262 g/mol. The predicted molar refractivity (Wildman–Crippen MR) is 60.1 cm³/mol. The van der Waals surface area contributed by atoms with Crippen LogP contribution in [-0.2, 0) is 0 Å². The molecule has 0 saturated heterocycles. The van der Waals surface area contributed by atoms with E-state index in [4.69, 9.17) is 5.73 Å². The molecule has 0 bridgehead atoms. The van der Waals surface area contributed by atoms with Gasteiger partial charge in [0.2, 0.25) is 0 Å². The highest BCUT2D eigenvalue weighted by Crippen LogP contribution is 2.14. The summed E-state index contributed by atoms with van der Waals surface area (Å²) in [4.78, 5) is 11.6. The lowest BCUT2D eigenvalue weighted by Crippen LogP contribution is -2.29. The van der Waals surface area contributed by atoms with Gasteiger partial charge in [0.15, 0.2) is 0 Å². The van der Waals surface area contributed by atoms with Crippen LogP contribution in [-0.4, -0.2) is 17.4 Å². The highest BCUT2D eigenvalue weighted by Gasteiger charge is 2.18. The average molecular weight is 262 g/mol. The number of hydrogen-bond donors (Lipinski definition) is 2. The van der Waals surface area contributed by atoms with E-state index in [1.807, 2.05) is 0 Å². The van der Waals surface area contributed by atoms with Crippen LogP contribution < -0.4 is 11.1 Å². The molecule has 7 heteroatoms. The summed E-state index contributed by atoms with van der Waals surface area (Å²) in [6.07, 6.45) is 0.214. The highest BCUT2D eigenvalue weighted by atomic mass is 32.1. The van der Waals surface area contributed by atoms with E-state index in [0.29, 0.717) is 12.1 Å². The predicted octanol–water partition coefficient (Wildman–Crippen LogP) is 1.51. The summed E-state index contributed by atoms with van der Waals surface area (Å²) < 4.78 is 38.9. The number of amides is 1. The second-order valence-electron chi connectivity index (χ2n) is 3.22. The van der Waals surface area contributed by atoms with Crippen molar-refractivity contribution in [3.63, 3.8) is 0 Å². The fourth-order valence-corrected chi connectivity index (χ4v) is 1.25. The lowest BCUT2D eigenvalue weighted by Gasteiger charge is -2.06. The molecule has 1 aromatic carbocycles. The van der Waals surface area contributed by atoms with E-state index in [2.05, 4.69) is 17.5 Å². The third-order valence-corrected chi connectivity index (χ3v) is 2.10. The summed E-state index contributed by atoms with van der Waals surface area (Å²) in [5.74, 6) is -4.57. The molecule has 0 unspecified atom stereocenters. The van der Waals surface area contributed by atoms with Crippen molar-refractivity contribution >= 4 is 23.1 Å². The first-order valence-corrected chi connectivity index (χ1v) is 5.03. The summed E-state index contributed by atoms with van der Waals surface area (Å²) in [5, 5.41) is 2.22. The standard InChI is InChI=1S/C10H9F3N2OS/c11-5-3-6(12)9(7(13)4-5)10(16)15-2-1-8(14)17/h3-4H,1-2H2,(H2,14,17)(H,15,16). The number of rotatable bonds is 4. The van der Waals surface area contributed by atoms with Gasteiger partial charge in [-0.05, 0) is 0 Å². The Morgan fingerprint density at radius 2 is 1.82 bits per heavy atom. The van der Waals surface area contributed by atoms with Gasteiger partial charge in [-0.25, -0.2) is 13.2 Å². The van der Waals surface area contributed by atoms with Crippen LogP contribution in [0.5, 0.6) is 0 Å². The normalized spacial score (nSPS) is 10.1. The minimum Gasteiger partial charge on any atom is -0.393 e. The maximum Gasteiger partial charge on any atom is 0.257 e. The molecule has 0 atom stereocenters. The Morgan fingerprint density at radius 1 is 1.29 bits per heavy atom. The van der Waals surface area contributed by atoms with Gasteiger partial charge in [0.25, 0.3) is 5.91 Å². The Kier molecular flexibility index (Phi) is 4.45. The zero-order valence-corrected chi connectivity index (χ0v) is 9.41. The number of nitrogens with one attached hydrogen (secondary N) is 1. The molecule has 0 heterocycles. The lowest BCUT2D eigenvalue weighted by molar-refractivity contribution is 0.0946. The van der Waals surface area contributed by atoms with Gasteiger partial charge >= 0.3 is 0 Å². The molecular weight excluding hydrogens is 253 g/mol. The van der Waals surface area contributed by atoms with E-state index in [0.717, 1.165) is 0 Å². The first kappa shape index (κ1) is 13.4. The van der Waals surface area contributed by atoms with E-state index in [1.165, 1.54) is 0 Å². The molecule has 0 aliphatic heterocycles. The molecule has 0 spiro atoms. The van der Waals surface area contributed by atoms with Crippen molar-refractivity contribution in [1.29, 1.82) is 0 Å². The quantitative estimate of drug-likeness (QED) is 0.809. The number of benzene rings is 1. The minimum absolute atomic E-state index is 0.0599. The molecule has 1 rings (SSSR count). The first-order valence-electron chi connectivity index (χ1n) is 4.63. The van der Waals surface area contributed by atoms with E-state index in [1.54, 1.807) is 0 Å². The largest absolute Gasteiger partial charge is 0.393 e. The topological polar surface area (TPSA) is 55.1 Å². The van der Waals surface area contributed by atoms with Gasteiger partial charge < -0.3 is 11.1 Å². The molecule has 92 valence electrons. The van der Waals surface area contributed by atoms with Crippen LogP contribution in [0.2, 0.25) is 0 Å². The van der Waals surface area contributed by atoms with E-state index >= 15 is 0 Å². The number of nitrogens with two attached hydrogens (primary N) is 1. The van der Waals surface area contributed by atoms with Gasteiger partial charge in [-0.2, -0.15) is 0 Å². The molecule has 0 saturated carbocycles. The van der Waals surface area contributed by atoms with Crippen molar-refractivity contribution in [3.05, 3.63) is 35.1 Å². The zero-order valence-electron chi connectivity index (χ0n) is 8.60. The van der Waals surface area contributed by atoms with Crippen LogP contribution in [0.25, 0.3) is 0 Å². The van der Waals surface area contributed by atoms with Crippen molar-refractivity contribution in [2.45, 2.75) is 6.42 Å². The molecular formula is C10H9F3N2OS. The van der Waals surface area contributed by atoms with Crippen molar-refractivity contribution in [2.24, 2.45) is 5.73 Å². The van der Waals surface area contributed by atoms with Gasteiger partial charge in [-0.15, -0.1) is 0 Å². The van der Waals surface area contributed by atoms with Crippen LogP contribution in [0.15, 0.2) is 12.1 Å². The number of carbonyl (C=O) groups excluding carboxylic acids is 1. The Labute approximate surface area is 101 Å². The highest BCUT2D eigenvalue weighted by molar-refractivity contribution is 7.80. The zero-order chi connectivity index (χ0) is 13.0. The molecule has 0 aliphatic carbocycles. The molecule has 0 aliphatic rings. The van der Waals surface area contributed by atoms with E-state index in [9.17, 15) is 18.0 Å². The van der Waals surface area contributed by atoms with Gasteiger partial charge in [-0.1, -0.05) is 12.2 Å². The summed E-state index contributed by atoms with van der Waals surface area (Å²) >= 11 is 4.56. The summed E-state index contributed by atoms with van der Waals surface area (Å²) in [6, 6.07) is 0.872. The smallest absolute Gasteiger partial charge is 0.257 e. The fraction of sp³-hybridized carbons (Fsp3) is 0.200. The molecule has 3 N–H and O–H groups in total. The Hall–Kier alpha value is -1.63. The maximum atomic E-state index is 13.2. The van der Waals surface area contributed by atoms with E-state index in [-0.39, 0.29) is 18.0 Å². The van der Waals surface area contributed by atoms with Crippen LogP contribution in [0.1, 0.15) is 16.8 Å². The SMILES string of the molecule is NC(=S)CCNC(=O)c1c(F)cc(F)cc1F. The number of hydrogen-bond acceptors (Lipinski definition) is 2. The number of thiocarbonyl (C=S) groups is 1. The van der Waals surface area contributed by atoms with Gasteiger partial charge in [0.05, 0.1) is 4.99 Å². The van der Waals surface area contributed by atoms with Gasteiger partial charge in [-0.3, -0.25) is 4.79 Å². The Morgan fingerprint density at radius 3 is 2.29 bits per heavy atom. The van der Waals surface area contributed by atoms with Crippen LogP contribution in [0.4, 0.5) is 13.2 Å². The van der Waals surface area contributed by atoms with Crippen molar-refractivity contribution in [3.8, 4) is 0 Å². The summed E-state index contributed by atoms with van der Waals surface area (Å²) in [5.41, 5.74) is 4.35. The molecule has 3 nitrogen and oxygen atoms in total. The second-order valence-corrected chi connectivity index (χ2v) is 3.74. The fourth-order valence-electron chi connectivity index (χ4n) is 1.15. The average Bonchev–Trinajstić information content (AvgIpc) is 2.14. The molecule has 0 aromatic heterocycles. The summed E-state index contributed by atoms with van der Waals surface area (Å²) in [7, 11) is 0. The van der Waals surface area contributed by atoms with Gasteiger partial charge in [0.1, 0.15) is 23.0 Å². The van der Waals surface area contributed by atoms with E-state index < -0.39 is 28.9 Å². The first-order chi connectivity index (χ1) is 7.91. The number of carbonyl (C=O) groups is 1. The molecule has 1 amide bonds. The van der Waals surface area contributed by atoms with Crippen LogP contribution >= 0.6 is 12.2 Å². The summed E-state index contributed by atoms with van der Waals surface area (Å²) in [6.45, 7) is 0.0599. The third-order valence-electron chi connectivity index (χ3n) is 1.89. The Bertz CT molecular complexity index is 442. The lowest BCUT2D eigenvalue weighted by atomic mass is 10.1. The van der Waals surface area contributed by atoms with Crippen molar-refractivity contribution in [1.82, 2.24) is 5.32 Å². The molecule has 0 fully saturated rings. The maximum absolute atomic E-state index is 13.2.